The molecule has 0 spiro atoms. The van der Waals surface area contributed by atoms with Crippen LogP contribution < -0.4 is 9.47 Å². The van der Waals surface area contributed by atoms with Crippen molar-refractivity contribution in [2.24, 2.45) is 0 Å². The summed E-state index contributed by atoms with van der Waals surface area (Å²) in [5.41, 5.74) is 4.60. The molecule has 5 heteroatoms. The van der Waals surface area contributed by atoms with E-state index in [1.54, 1.807) is 20.3 Å². The van der Waals surface area contributed by atoms with Crippen LogP contribution in [0.3, 0.4) is 0 Å². The van der Waals surface area contributed by atoms with Crippen LogP contribution in [0.5, 0.6) is 11.5 Å². The van der Waals surface area contributed by atoms with E-state index in [-0.39, 0.29) is 5.92 Å². The van der Waals surface area contributed by atoms with Crippen molar-refractivity contribution in [2.75, 3.05) is 14.2 Å². The molecule has 0 amide bonds. The van der Waals surface area contributed by atoms with E-state index >= 15 is 0 Å². The number of aryl methyl sites for hydroxylation is 1. The molecular weight excluding hydrogens is 490 g/mol. The average molecular weight is 535 g/mol. The lowest BCUT2D eigenvalue weighted by Crippen LogP contribution is -1.93. The van der Waals surface area contributed by atoms with Crippen LogP contribution >= 0.6 is 11.6 Å². The van der Waals surface area contributed by atoms with Crippen LogP contribution in [-0.2, 0) is 0 Å². The van der Waals surface area contributed by atoms with Gasteiger partial charge in [0.2, 0.25) is 0 Å². The molecule has 0 saturated carbocycles. The van der Waals surface area contributed by atoms with Gasteiger partial charge in [-0.15, -0.1) is 0 Å². The highest BCUT2D eigenvalue weighted by atomic mass is 35.5. The van der Waals surface area contributed by atoms with E-state index < -0.39 is 11.6 Å². The lowest BCUT2D eigenvalue weighted by molar-refractivity contribution is 0.354. The fraction of sp³-hybridized carbons (Fsp3) is 0.438. The summed E-state index contributed by atoms with van der Waals surface area (Å²) < 4.78 is 35.3. The molecule has 0 heterocycles. The van der Waals surface area contributed by atoms with Crippen LogP contribution in [0.2, 0.25) is 5.02 Å². The Morgan fingerprint density at radius 2 is 1.03 bits per heavy atom. The first-order valence-corrected chi connectivity index (χ1v) is 13.2. The molecule has 0 aliphatic heterocycles. The Balaban J connectivity index is 0.000000510. The Hall–Kier alpha value is -2.59. The molecular formula is C32H45ClF2O2. The van der Waals surface area contributed by atoms with Crippen molar-refractivity contribution in [3.8, 4) is 11.5 Å². The summed E-state index contributed by atoms with van der Waals surface area (Å²) in [6.45, 7) is 18.6. The number of hydrogen-bond donors (Lipinski definition) is 0. The Morgan fingerprint density at radius 3 is 1.46 bits per heavy atom. The highest BCUT2D eigenvalue weighted by Gasteiger charge is 2.06. The first-order valence-electron chi connectivity index (χ1n) is 12.8. The van der Waals surface area contributed by atoms with E-state index in [1.165, 1.54) is 17.2 Å². The van der Waals surface area contributed by atoms with Gasteiger partial charge in [-0.05, 0) is 77.3 Å². The molecule has 206 valence electrons. The van der Waals surface area contributed by atoms with E-state index in [4.69, 9.17) is 21.1 Å². The molecule has 0 fully saturated rings. The molecule has 0 N–H and O–H groups in total. The third-order valence-electron chi connectivity index (χ3n) is 5.53. The number of hydrogen-bond acceptors (Lipinski definition) is 2. The normalized spacial score (nSPS) is 10.1. The zero-order chi connectivity index (χ0) is 28.7. The van der Waals surface area contributed by atoms with Crippen molar-refractivity contribution in [3.63, 3.8) is 0 Å². The van der Waals surface area contributed by atoms with Crippen LogP contribution in [0.15, 0.2) is 54.6 Å². The molecule has 0 unspecified atom stereocenters. The minimum absolute atomic E-state index is 0.241. The minimum Gasteiger partial charge on any atom is -0.493 e. The van der Waals surface area contributed by atoms with Crippen LogP contribution in [0.4, 0.5) is 8.78 Å². The van der Waals surface area contributed by atoms with Crippen LogP contribution in [0.1, 0.15) is 95.4 Å². The predicted octanol–water partition coefficient (Wildman–Crippen LogP) is 10.7. The minimum atomic E-state index is -0.783. The second kappa shape index (κ2) is 17.8. The van der Waals surface area contributed by atoms with Crippen molar-refractivity contribution in [1.82, 2.24) is 0 Å². The monoisotopic (exact) mass is 534 g/mol. The van der Waals surface area contributed by atoms with Crippen molar-refractivity contribution >= 4 is 11.6 Å². The van der Waals surface area contributed by atoms with E-state index in [0.29, 0.717) is 11.8 Å². The van der Waals surface area contributed by atoms with Gasteiger partial charge in [-0.25, -0.2) is 8.78 Å². The van der Waals surface area contributed by atoms with Gasteiger partial charge in [0.1, 0.15) is 0 Å². The SMILES string of the molecule is CC.CC(C)c1ccc(F)c(F)c1.COc1ccc(C(C)C)cc1OC.Cc1cc(C(C)C)ccc1Cl. The van der Waals surface area contributed by atoms with Crippen molar-refractivity contribution in [2.45, 2.75) is 80.1 Å². The Morgan fingerprint density at radius 1 is 0.595 bits per heavy atom. The summed E-state index contributed by atoms with van der Waals surface area (Å²) in [5.74, 6) is 1.38. The summed E-state index contributed by atoms with van der Waals surface area (Å²) in [6, 6.07) is 16.2. The topological polar surface area (TPSA) is 18.5 Å². The van der Waals surface area contributed by atoms with Gasteiger partial charge in [0.25, 0.3) is 0 Å². The first kappa shape index (κ1) is 34.4. The Bertz CT molecular complexity index is 1010. The largest absolute Gasteiger partial charge is 0.493 e. The molecule has 0 atom stereocenters. The maximum Gasteiger partial charge on any atom is 0.160 e. The summed E-state index contributed by atoms with van der Waals surface area (Å²) in [6.07, 6.45) is 0. The molecule has 3 aromatic carbocycles. The van der Waals surface area contributed by atoms with E-state index in [1.807, 2.05) is 52.8 Å². The molecule has 2 nitrogen and oxygen atoms in total. The van der Waals surface area contributed by atoms with Crippen LogP contribution in [0, 0.1) is 18.6 Å². The average Bonchev–Trinajstić information content (AvgIpc) is 2.88. The van der Waals surface area contributed by atoms with Gasteiger partial charge in [-0.3, -0.25) is 0 Å². The maximum atomic E-state index is 12.6. The molecule has 3 rings (SSSR count). The van der Waals surface area contributed by atoms with Gasteiger partial charge in [0, 0.05) is 5.02 Å². The quantitative estimate of drug-likeness (QED) is 0.324. The van der Waals surface area contributed by atoms with Crippen molar-refractivity contribution in [3.05, 3.63) is 93.5 Å². The lowest BCUT2D eigenvalue weighted by Gasteiger charge is -2.11. The zero-order valence-corrected chi connectivity index (χ0v) is 25.1. The van der Waals surface area contributed by atoms with Gasteiger partial charge in [-0.1, -0.05) is 91.3 Å². The number of benzene rings is 3. The van der Waals surface area contributed by atoms with Gasteiger partial charge in [-0.2, -0.15) is 0 Å². The maximum absolute atomic E-state index is 12.6. The standard InChI is InChI=1S/C11H16O2.C10H13Cl.C9H10F2.C2H6/c1-8(2)9-5-6-10(12-3)11(7-9)13-4;1-7(2)9-4-5-10(11)8(3)6-9;1-6(2)7-3-4-8(10)9(11)5-7;1-2/h5-8H,1-4H3;4-7H,1-3H3;3-6H,1-2H3;1-2H3. The number of rotatable bonds is 5. The molecule has 0 aliphatic carbocycles. The number of ether oxygens (including phenoxy) is 2. The van der Waals surface area contributed by atoms with Crippen molar-refractivity contribution < 1.29 is 18.3 Å². The highest BCUT2D eigenvalue weighted by molar-refractivity contribution is 6.31. The number of methoxy groups -OCH3 is 2. The molecule has 0 aliphatic rings. The van der Waals surface area contributed by atoms with Gasteiger partial charge < -0.3 is 9.47 Å². The molecule has 3 aromatic rings. The van der Waals surface area contributed by atoms with E-state index in [2.05, 4.69) is 45.9 Å². The van der Waals surface area contributed by atoms with E-state index in [0.717, 1.165) is 33.7 Å². The summed E-state index contributed by atoms with van der Waals surface area (Å²) in [7, 11) is 3.30. The molecule has 0 aromatic heterocycles. The second-order valence-corrected chi connectivity index (χ2v) is 9.67. The third kappa shape index (κ3) is 12.0. The molecule has 0 radical (unpaired) electrons. The summed E-state index contributed by atoms with van der Waals surface area (Å²) >= 11 is 5.89. The predicted molar refractivity (Wildman–Crippen MR) is 156 cm³/mol. The Labute approximate surface area is 229 Å². The van der Waals surface area contributed by atoms with Gasteiger partial charge in [0.15, 0.2) is 23.1 Å². The molecule has 37 heavy (non-hydrogen) atoms. The van der Waals surface area contributed by atoms with Gasteiger partial charge in [0.05, 0.1) is 14.2 Å². The fourth-order valence-electron chi connectivity index (χ4n) is 3.11. The summed E-state index contributed by atoms with van der Waals surface area (Å²) in [4.78, 5) is 0. The van der Waals surface area contributed by atoms with E-state index in [9.17, 15) is 8.78 Å². The highest BCUT2D eigenvalue weighted by Crippen LogP contribution is 2.30. The third-order valence-corrected chi connectivity index (χ3v) is 5.96. The smallest absolute Gasteiger partial charge is 0.160 e. The Kier molecular flexibility index (Phi) is 16.5. The number of halogens is 3. The lowest BCUT2D eigenvalue weighted by atomic mass is 10.0. The van der Waals surface area contributed by atoms with Crippen molar-refractivity contribution in [1.29, 1.82) is 0 Å². The molecule has 0 saturated heterocycles. The molecule has 0 bridgehead atoms. The second-order valence-electron chi connectivity index (χ2n) is 9.26. The zero-order valence-electron chi connectivity index (χ0n) is 24.4. The van der Waals surface area contributed by atoms with Crippen LogP contribution in [-0.4, -0.2) is 14.2 Å². The van der Waals surface area contributed by atoms with Gasteiger partial charge >= 0.3 is 0 Å². The first-order chi connectivity index (χ1) is 17.4. The fourth-order valence-corrected chi connectivity index (χ4v) is 3.23. The summed E-state index contributed by atoms with van der Waals surface area (Å²) in [5, 5.41) is 0.856. The van der Waals surface area contributed by atoms with Crippen LogP contribution in [0.25, 0.3) is 0 Å².